The third-order valence-corrected chi connectivity index (χ3v) is 4.99. The lowest BCUT2D eigenvalue weighted by molar-refractivity contribution is 0.0320. The maximum Gasteiger partial charge on any atom is 0.167 e. The maximum atomic E-state index is 14.7. The lowest BCUT2D eigenvalue weighted by atomic mass is 9.89. The van der Waals surface area contributed by atoms with E-state index in [2.05, 4.69) is 6.58 Å². The summed E-state index contributed by atoms with van der Waals surface area (Å²) in [6.07, 6.45) is 4.76. The molecule has 0 radical (unpaired) electrons. The molecule has 1 saturated heterocycles. The average Bonchev–Trinajstić information content (AvgIpc) is 2.65. The summed E-state index contributed by atoms with van der Waals surface area (Å²) in [6.45, 7) is 6.02. The first-order valence-corrected chi connectivity index (χ1v) is 9.06. The van der Waals surface area contributed by atoms with Gasteiger partial charge in [-0.05, 0) is 36.5 Å². The van der Waals surface area contributed by atoms with Gasteiger partial charge in [0.05, 0.1) is 12.7 Å². The van der Waals surface area contributed by atoms with Gasteiger partial charge in [-0.25, -0.2) is 13.2 Å². The van der Waals surface area contributed by atoms with Crippen LogP contribution in [0.3, 0.4) is 0 Å². The SMILES string of the molecule is C=CC1CCC(c2ccc(-c3ccc(CCC)cc3F)c(F)c2F)CO1. The molecule has 0 saturated carbocycles. The second-order valence-electron chi connectivity index (χ2n) is 6.78. The molecule has 1 nitrogen and oxygen atoms in total. The number of ether oxygens (including phenoxy) is 1. The summed E-state index contributed by atoms with van der Waals surface area (Å²) in [5.41, 5.74) is 1.17. The molecule has 0 amide bonds. The van der Waals surface area contributed by atoms with Crippen molar-refractivity contribution in [3.8, 4) is 11.1 Å². The molecule has 1 aliphatic heterocycles. The monoisotopic (exact) mass is 360 g/mol. The molecule has 0 aromatic heterocycles. The molecule has 0 spiro atoms. The minimum absolute atomic E-state index is 0.0332. The number of hydrogen-bond donors (Lipinski definition) is 0. The summed E-state index contributed by atoms with van der Waals surface area (Å²) >= 11 is 0. The summed E-state index contributed by atoms with van der Waals surface area (Å²) in [6, 6.07) is 7.70. The Morgan fingerprint density at radius 1 is 1.08 bits per heavy atom. The predicted octanol–water partition coefficient (Wildman–Crippen LogP) is 6.17. The fourth-order valence-corrected chi connectivity index (χ4v) is 3.51. The zero-order valence-corrected chi connectivity index (χ0v) is 14.9. The molecule has 0 bridgehead atoms. The minimum atomic E-state index is -1.00. The Morgan fingerprint density at radius 2 is 1.85 bits per heavy atom. The van der Waals surface area contributed by atoms with Crippen molar-refractivity contribution < 1.29 is 17.9 Å². The molecule has 4 heteroatoms. The lowest BCUT2D eigenvalue weighted by Gasteiger charge is -2.28. The van der Waals surface area contributed by atoms with Gasteiger partial charge in [-0.3, -0.25) is 0 Å². The van der Waals surface area contributed by atoms with Gasteiger partial charge in [-0.2, -0.15) is 0 Å². The van der Waals surface area contributed by atoms with Gasteiger partial charge in [0.2, 0.25) is 0 Å². The number of aryl methyl sites for hydroxylation is 1. The molecule has 1 aliphatic rings. The molecule has 0 aliphatic carbocycles. The van der Waals surface area contributed by atoms with Crippen LogP contribution in [0.2, 0.25) is 0 Å². The summed E-state index contributed by atoms with van der Waals surface area (Å²) in [5, 5.41) is 0. The van der Waals surface area contributed by atoms with Crippen molar-refractivity contribution in [1.82, 2.24) is 0 Å². The summed E-state index contributed by atoms with van der Waals surface area (Å²) in [4.78, 5) is 0. The number of hydrogen-bond acceptors (Lipinski definition) is 1. The van der Waals surface area contributed by atoms with E-state index in [1.807, 2.05) is 6.92 Å². The van der Waals surface area contributed by atoms with Crippen LogP contribution in [-0.4, -0.2) is 12.7 Å². The number of benzene rings is 2. The maximum absolute atomic E-state index is 14.7. The van der Waals surface area contributed by atoms with Crippen molar-refractivity contribution in [3.63, 3.8) is 0 Å². The van der Waals surface area contributed by atoms with E-state index in [-0.39, 0.29) is 28.7 Å². The fourth-order valence-electron chi connectivity index (χ4n) is 3.51. The molecule has 2 atom stereocenters. The van der Waals surface area contributed by atoms with Crippen LogP contribution in [-0.2, 0) is 11.2 Å². The standard InChI is InChI=1S/C22H23F3O/c1-3-5-14-6-9-18(20(23)12-14)19-11-10-17(21(24)22(19)25)15-7-8-16(4-2)26-13-15/h4,6,9-12,15-16H,2-3,5,7-8,13H2,1H3. The second kappa shape index (κ2) is 8.09. The van der Waals surface area contributed by atoms with E-state index in [0.717, 1.165) is 24.8 Å². The number of rotatable bonds is 5. The van der Waals surface area contributed by atoms with Crippen LogP contribution in [0.1, 0.15) is 43.2 Å². The van der Waals surface area contributed by atoms with Gasteiger partial charge in [-0.1, -0.05) is 43.7 Å². The quantitative estimate of drug-likeness (QED) is 0.579. The van der Waals surface area contributed by atoms with E-state index in [9.17, 15) is 13.2 Å². The largest absolute Gasteiger partial charge is 0.374 e. The summed E-state index contributed by atoms with van der Waals surface area (Å²) in [5.74, 6) is -2.65. The second-order valence-corrected chi connectivity index (χ2v) is 6.78. The van der Waals surface area contributed by atoms with E-state index in [1.54, 1.807) is 18.2 Å². The Balaban J connectivity index is 1.89. The first kappa shape index (κ1) is 18.7. The molecule has 138 valence electrons. The number of halogens is 3. The van der Waals surface area contributed by atoms with Crippen molar-refractivity contribution in [2.45, 2.75) is 44.6 Å². The third kappa shape index (κ3) is 3.70. The first-order chi connectivity index (χ1) is 12.5. The van der Waals surface area contributed by atoms with Crippen LogP contribution in [0, 0.1) is 17.5 Å². The topological polar surface area (TPSA) is 9.23 Å². The highest BCUT2D eigenvalue weighted by Gasteiger charge is 2.26. The molecule has 2 unspecified atom stereocenters. The predicted molar refractivity (Wildman–Crippen MR) is 97.7 cm³/mol. The highest BCUT2D eigenvalue weighted by Crippen LogP contribution is 2.35. The van der Waals surface area contributed by atoms with Crippen molar-refractivity contribution in [3.05, 3.63) is 71.6 Å². The Bertz CT molecular complexity index is 792. The Morgan fingerprint density at radius 3 is 2.46 bits per heavy atom. The van der Waals surface area contributed by atoms with Crippen molar-refractivity contribution in [2.75, 3.05) is 6.61 Å². The molecular formula is C22H23F3O. The highest BCUT2D eigenvalue weighted by molar-refractivity contribution is 5.66. The van der Waals surface area contributed by atoms with Crippen molar-refractivity contribution in [1.29, 1.82) is 0 Å². The molecule has 3 rings (SSSR count). The molecule has 1 fully saturated rings. The van der Waals surface area contributed by atoms with Gasteiger partial charge in [0.1, 0.15) is 5.82 Å². The highest BCUT2D eigenvalue weighted by atomic mass is 19.2. The smallest absolute Gasteiger partial charge is 0.167 e. The summed E-state index contributed by atoms with van der Waals surface area (Å²) in [7, 11) is 0. The van der Waals surface area contributed by atoms with Crippen LogP contribution < -0.4 is 0 Å². The zero-order valence-electron chi connectivity index (χ0n) is 14.9. The molecule has 1 heterocycles. The van der Waals surface area contributed by atoms with E-state index in [4.69, 9.17) is 4.74 Å². The zero-order chi connectivity index (χ0) is 18.7. The van der Waals surface area contributed by atoms with E-state index >= 15 is 0 Å². The lowest BCUT2D eigenvalue weighted by Crippen LogP contribution is -2.23. The van der Waals surface area contributed by atoms with Crippen LogP contribution in [0.4, 0.5) is 13.2 Å². The fraction of sp³-hybridized carbons (Fsp3) is 0.364. The molecule has 26 heavy (non-hydrogen) atoms. The van der Waals surface area contributed by atoms with E-state index in [0.29, 0.717) is 13.0 Å². The average molecular weight is 360 g/mol. The van der Waals surface area contributed by atoms with Crippen molar-refractivity contribution in [2.24, 2.45) is 0 Å². The van der Waals surface area contributed by atoms with Crippen LogP contribution in [0.15, 0.2) is 43.0 Å². The molecule has 2 aromatic carbocycles. The Labute approximate surface area is 152 Å². The van der Waals surface area contributed by atoms with Gasteiger partial charge >= 0.3 is 0 Å². The van der Waals surface area contributed by atoms with Gasteiger partial charge in [0.15, 0.2) is 11.6 Å². The molecule has 0 N–H and O–H groups in total. The van der Waals surface area contributed by atoms with Crippen LogP contribution in [0.5, 0.6) is 0 Å². The first-order valence-electron chi connectivity index (χ1n) is 9.06. The molecule has 2 aromatic rings. The molecular weight excluding hydrogens is 337 g/mol. The van der Waals surface area contributed by atoms with E-state index in [1.165, 1.54) is 18.2 Å². The van der Waals surface area contributed by atoms with Gasteiger partial charge in [-0.15, -0.1) is 6.58 Å². The van der Waals surface area contributed by atoms with Crippen LogP contribution >= 0.6 is 0 Å². The normalized spacial score (nSPS) is 20.2. The third-order valence-electron chi connectivity index (χ3n) is 4.99. The van der Waals surface area contributed by atoms with Gasteiger partial charge in [0, 0.05) is 17.0 Å². The van der Waals surface area contributed by atoms with Crippen molar-refractivity contribution >= 4 is 0 Å². The Kier molecular flexibility index (Phi) is 5.82. The van der Waals surface area contributed by atoms with E-state index < -0.39 is 17.5 Å². The minimum Gasteiger partial charge on any atom is -0.374 e. The van der Waals surface area contributed by atoms with Gasteiger partial charge < -0.3 is 4.74 Å². The van der Waals surface area contributed by atoms with Gasteiger partial charge in [0.25, 0.3) is 0 Å². The Hall–Kier alpha value is -2.07. The van der Waals surface area contributed by atoms with Crippen LogP contribution in [0.25, 0.3) is 11.1 Å². The summed E-state index contributed by atoms with van der Waals surface area (Å²) < 4.78 is 49.3.